The summed E-state index contributed by atoms with van der Waals surface area (Å²) in [5.74, 6) is 1.63. The van der Waals surface area contributed by atoms with Crippen LogP contribution in [-0.2, 0) is 13.2 Å². The first-order valence-corrected chi connectivity index (χ1v) is 7.08. The van der Waals surface area contributed by atoms with Crippen molar-refractivity contribution in [2.24, 2.45) is 5.92 Å². The number of ether oxygens (including phenoxy) is 1. The van der Waals surface area contributed by atoms with Crippen LogP contribution in [0.25, 0.3) is 0 Å². The van der Waals surface area contributed by atoms with Crippen LogP contribution in [0.2, 0.25) is 0 Å². The van der Waals surface area contributed by atoms with Gasteiger partial charge in [-0.05, 0) is 43.1 Å². The fourth-order valence-electron chi connectivity index (χ4n) is 1.92. The molecule has 1 aromatic heterocycles. The van der Waals surface area contributed by atoms with Crippen LogP contribution in [0.1, 0.15) is 30.9 Å². The summed E-state index contributed by atoms with van der Waals surface area (Å²) in [6, 6.07) is 6.30. The lowest BCUT2D eigenvalue weighted by molar-refractivity contribution is 0.247. The maximum absolute atomic E-state index is 13.0. The Morgan fingerprint density at radius 3 is 2.86 bits per heavy atom. The Morgan fingerprint density at radius 1 is 1.33 bits per heavy atom. The molecular formula is C16H21FN2O2. The molecule has 0 aliphatic rings. The lowest BCUT2D eigenvalue weighted by Gasteiger charge is -2.06. The van der Waals surface area contributed by atoms with Crippen molar-refractivity contribution in [1.82, 2.24) is 10.5 Å². The van der Waals surface area contributed by atoms with Crippen molar-refractivity contribution >= 4 is 0 Å². The number of hydrogen-bond donors (Lipinski definition) is 1. The number of nitrogens with zero attached hydrogens (tertiary/aromatic N) is 1. The summed E-state index contributed by atoms with van der Waals surface area (Å²) in [4.78, 5) is 0. The predicted octanol–water partition coefficient (Wildman–Crippen LogP) is 3.45. The van der Waals surface area contributed by atoms with E-state index in [0.717, 1.165) is 17.8 Å². The molecule has 0 fully saturated rings. The Balaban J connectivity index is 1.85. The first-order valence-electron chi connectivity index (χ1n) is 7.08. The molecule has 4 nitrogen and oxygen atoms in total. The van der Waals surface area contributed by atoms with Gasteiger partial charge in [0.1, 0.15) is 18.2 Å². The molecule has 0 saturated heterocycles. The summed E-state index contributed by atoms with van der Waals surface area (Å²) in [6.07, 6.45) is 0. The SMILES string of the molecule is Cc1cc(F)ccc1OCc1cc(CNCC(C)C)no1. The summed E-state index contributed by atoms with van der Waals surface area (Å²) in [5, 5.41) is 7.28. The van der Waals surface area contributed by atoms with Gasteiger partial charge in [0.25, 0.3) is 0 Å². The van der Waals surface area contributed by atoms with E-state index < -0.39 is 0 Å². The Hall–Kier alpha value is -1.88. The van der Waals surface area contributed by atoms with E-state index >= 15 is 0 Å². The number of halogens is 1. The fraction of sp³-hybridized carbons (Fsp3) is 0.438. The highest BCUT2D eigenvalue weighted by Gasteiger charge is 2.07. The Labute approximate surface area is 124 Å². The van der Waals surface area contributed by atoms with Gasteiger partial charge >= 0.3 is 0 Å². The van der Waals surface area contributed by atoms with E-state index in [0.29, 0.717) is 24.0 Å². The highest BCUT2D eigenvalue weighted by molar-refractivity contribution is 5.32. The molecule has 1 heterocycles. The van der Waals surface area contributed by atoms with Gasteiger partial charge in [-0.25, -0.2) is 4.39 Å². The van der Waals surface area contributed by atoms with E-state index in [1.165, 1.54) is 12.1 Å². The molecule has 0 atom stereocenters. The van der Waals surface area contributed by atoms with Gasteiger partial charge in [-0.1, -0.05) is 19.0 Å². The number of nitrogens with one attached hydrogen (secondary N) is 1. The maximum atomic E-state index is 13.0. The van der Waals surface area contributed by atoms with Gasteiger partial charge in [0.2, 0.25) is 0 Å². The summed E-state index contributed by atoms with van der Waals surface area (Å²) in [7, 11) is 0. The Morgan fingerprint density at radius 2 is 2.14 bits per heavy atom. The third-order valence-electron chi connectivity index (χ3n) is 2.97. The highest BCUT2D eigenvalue weighted by atomic mass is 19.1. The van der Waals surface area contributed by atoms with Gasteiger partial charge in [-0.15, -0.1) is 0 Å². The molecule has 21 heavy (non-hydrogen) atoms. The average molecular weight is 292 g/mol. The van der Waals surface area contributed by atoms with Gasteiger partial charge in [0, 0.05) is 12.6 Å². The first-order chi connectivity index (χ1) is 10.0. The third kappa shape index (κ3) is 4.86. The smallest absolute Gasteiger partial charge is 0.174 e. The molecule has 0 radical (unpaired) electrons. The molecule has 0 saturated carbocycles. The minimum absolute atomic E-state index is 0.266. The van der Waals surface area contributed by atoms with E-state index in [9.17, 15) is 4.39 Å². The zero-order valence-corrected chi connectivity index (χ0v) is 12.6. The third-order valence-corrected chi connectivity index (χ3v) is 2.97. The van der Waals surface area contributed by atoms with E-state index in [1.54, 1.807) is 13.0 Å². The summed E-state index contributed by atoms with van der Waals surface area (Å²) in [5.41, 5.74) is 1.61. The number of rotatable bonds is 7. The minimum Gasteiger partial charge on any atom is -0.485 e. The Kier molecular flexibility index (Phi) is 5.33. The molecule has 0 amide bonds. The van der Waals surface area contributed by atoms with Gasteiger partial charge in [-0.2, -0.15) is 0 Å². The molecule has 114 valence electrons. The zero-order valence-electron chi connectivity index (χ0n) is 12.6. The Bertz CT molecular complexity index is 581. The van der Waals surface area contributed by atoms with Crippen LogP contribution in [0.15, 0.2) is 28.8 Å². The van der Waals surface area contributed by atoms with Gasteiger partial charge in [0.05, 0.1) is 5.69 Å². The standard InChI is InChI=1S/C16H21FN2O2/c1-11(2)8-18-9-14-7-15(21-19-14)10-20-16-5-4-13(17)6-12(16)3/h4-7,11,18H,8-10H2,1-3H3. The fourth-order valence-corrected chi connectivity index (χ4v) is 1.92. The summed E-state index contributed by atoms with van der Waals surface area (Å²) < 4.78 is 23.8. The van der Waals surface area contributed by atoms with Gasteiger partial charge < -0.3 is 14.6 Å². The quantitative estimate of drug-likeness (QED) is 0.849. The first kappa shape index (κ1) is 15.5. The van der Waals surface area contributed by atoms with Crippen molar-refractivity contribution in [3.05, 3.63) is 47.1 Å². The second-order valence-electron chi connectivity index (χ2n) is 5.51. The van der Waals surface area contributed by atoms with Crippen molar-refractivity contribution in [2.75, 3.05) is 6.54 Å². The number of benzene rings is 1. The van der Waals surface area contributed by atoms with E-state index in [1.807, 2.05) is 6.07 Å². The summed E-state index contributed by atoms with van der Waals surface area (Å²) >= 11 is 0. The molecule has 5 heteroatoms. The van der Waals surface area contributed by atoms with Crippen molar-refractivity contribution < 1.29 is 13.7 Å². The van der Waals surface area contributed by atoms with Crippen LogP contribution in [0, 0.1) is 18.7 Å². The molecular weight excluding hydrogens is 271 g/mol. The molecule has 2 aromatic rings. The molecule has 0 aliphatic carbocycles. The monoisotopic (exact) mass is 292 g/mol. The van der Waals surface area contributed by atoms with Gasteiger partial charge in [-0.3, -0.25) is 0 Å². The minimum atomic E-state index is -0.266. The van der Waals surface area contributed by atoms with Crippen LogP contribution < -0.4 is 10.1 Å². The van der Waals surface area contributed by atoms with Crippen molar-refractivity contribution in [3.63, 3.8) is 0 Å². The summed E-state index contributed by atoms with van der Waals surface area (Å²) in [6.45, 7) is 8.01. The molecule has 0 unspecified atom stereocenters. The largest absolute Gasteiger partial charge is 0.485 e. The van der Waals surface area contributed by atoms with Crippen LogP contribution in [0.5, 0.6) is 5.75 Å². The molecule has 0 spiro atoms. The van der Waals surface area contributed by atoms with E-state index in [4.69, 9.17) is 9.26 Å². The molecule has 1 N–H and O–H groups in total. The topological polar surface area (TPSA) is 47.3 Å². The van der Waals surface area contributed by atoms with Crippen LogP contribution >= 0.6 is 0 Å². The highest BCUT2D eigenvalue weighted by Crippen LogP contribution is 2.19. The molecule has 2 rings (SSSR count). The average Bonchev–Trinajstić information content (AvgIpc) is 2.85. The van der Waals surface area contributed by atoms with Gasteiger partial charge in [0.15, 0.2) is 5.76 Å². The van der Waals surface area contributed by atoms with Crippen LogP contribution in [0.3, 0.4) is 0 Å². The number of aryl methyl sites for hydroxylation is 1. The van der Waals surface area contributed by atoms with E-state index in [2.05, 4.69) is 24.3 Å². The lowest BCUT2D eigenvalue weighted by atomic mass is 10.2. The predicted molar refractivity (Wildman–Crippen MR) is 78.5 cm³/mol. The number of hydrogen-bond acceptors (Lipinski definition) is 4. The maximum Gasteiger partial charge on any atom is 0.174 e. The second kappa shape index (κ2) is 7.22. The van der Waals surface area contributed by atoms with Crippen molar-refractivity contribution in [1.29, 1.82) is 0 Å². The van der Waals surface area contributed by atoms with E-state index in [-0.39, 0.29) is 12.4 Å². The molecule has 0 bridgehead atoms. The van der Waals surface area contributed by atoms with Crippen molar-refractivity contribution in [2.45, 2.75) is 33.9 Å². The second-order valence-corrected chi connectivity index (χ2v) is 5.51. The lowest BCUT2D eigenvalue weighted by Crippen LogP contribution is -2.19. The normalized spacial score (nSPS) is 11.1. The molecule has 0 aliphatic heterocycles. The molecule has 1 aromatic carbocycles. The van der Waals surface area contributed by atoms with Crippen LogP contribution in [0.4, 0.5) is 4.39 Å². The number of aromatic nitrogens is 1. The van der Waals surface area contributed by atoms with Crippen LogP contribution in [-0.4, -0.2) is 11.7 Å². The van der Waals surface area contributed by atoms with Crippen molar-refractivity contribution in [3.8, 4) is 5.75 Å². The zero-order chi connectivity index (χ0) is 15.2.